The van der Waals surface area contributed by atoms with Gasteiger partial charge in [-0.15, -0.1) is 0 Å². The third-order valence-corrected chi connectivity index (χ3v) is 6.44. The molecule has 1 aliphatic carbocycles. The van der Waals surface area contributed by atoms with Crippen molar-refractivity contribution in [3.8, 4) is 5.75 Å². The molecule has 4 nitrogen and oxygen atoms in total. The van der Waals surface area contributed by atoms with Crippen LogP contribution in [0, 0.1) is 5.82 Å². The van der Waals surface area contributed by atoms with Gasteiger partial charge in [-0.2, -0.15) is 4.31 Å². The van der Waals surface area contributed by atoms with Crippen LogP contribution in [0.3, 0.4) is 0 Å². The van der Waals surface area contributed by atoms with Gasteiger partial charge in [0.15, 0.2) is 0 Å². The number of hydrogen-bond acceptors (Lipinski definition) is 3. The molecule has 134 valence electrons. The van der Waals surface area contributed by atoms with Crippen molar-refractivity contribution in [1.29, 1.82) is 0 Å². The standard InChI is InChI=1S/C18H19BrFNO3S/c1-2-24-17-10-7-14(19)11-18(17)25(22,23)21(15-8-9-15)12-13-5-3-4-6-16(13)20/h3-7,10-11,15H,2,8-9,12H2,1H3. The highest BCUT2D eigenvalue weighted by molar-refractivity contribution is 9.10. The van der Waals surface area contributed by atoms with Gasteiger partial charge < -0.3 is 4.74 Å². The van der Waals surface area contributed by atoms with E-state index in [-0.39, 0.29) is 17.5 Å². The Hall–Kier alpha value is -1.44. The number of benzene rings is 2. The third-order valence-electron chi connectivity index (χ3n) is 4.03. The second-order valence-corrected chi connectivity index (χ2v) is 8.67. The van der Waals surface area contributed by atoms with Gasteiger partial charge >= 0.3 is 0 Å². The Morgan fingerprint density at radius 1 is 1.24 bits per heavy atom. The van der Waals surface area contributed by atoms with E-state index in [4.69, 9.17) is 4.74 Å². The number of halogens is 2. The molecule has 0 aromatic heterocycles. The predicted octanol–water partition coefficient (Wildman–Crippen LogP) is 4.34. The second kappa shape index (κ2) is 7.43. The molecule has 0 aliphatic heterocycles. The zero-order valence-electron chi connectivity index (χ0n) is 13.8. The normalized spacial score (nSPS) is 14.7. The molecule has 2 aromatic rings. The maximum Gasteiger partial charge on any atom is 0.247 e. The van der Waals surface area contributed by atoms with Gasteiger partial charge in [0.05, 0.1) is 6.61 Å². The molecule has 0 spiro atoms. The Bertz CT molecular complexity index is 868. The van der Waals surface area contributed by atoms with Gasteiger partial charge in [0.1, 0.15) is 16.5 Å². The molecular weight excluding hydrogens is 409 g/mol. The van der Waals surface area contributed by atoms with Crippen molar-refractivity contribution in [1.82, 2.24) is 4.31 Å². The van der Waals surface area contributed by atoms with Crippen molar-refractivity contribution in [3.63, 3.8) is 0 Å². The second-order valence-electron chi connectivity index (χ2n) is 5.90. The fourth-order valence-electron chi connectivity index (χ4n) is 2.65. The molecule has 3 rings (SSSR count). The molecule has 0 amide bonds. The first-order valence-corrected chi connectivity index (χ1v) is 10.3. The van der Waals surface area contributed by atoms with E-state index in [2.05, 4.69) is 15.9 Å². The van der Waals surface area contributed by atoms with Crippen LogP contribution in [-0.4, -0.2) is 25.4 Å². The summed E-state index contributed by atoms with van der Waals surface area (Å²) in [5, 5.41) is 0. The maximum absolute atomic E-state index is 14.0. The monoisotopic (exact) mass is 427 g/mol. The van der Waals surface area contributed by atoms with Crippen LogP contribution in [0.1, 0.15) is 25.3 Å². The Balaban J connectivity index is 2.01. The van der Waals surface area contributed by atoms with Crippen LogP contribution >= 0.6 is 15.9 Å². The minimum atomic E-state index is -3.82. The minimum absolute atomic E-state index is 0.0117. The Kier molecular flexibility index (Phi) is 5.46. The molecule has 0 radical (unpaired) electrons. The third kappa shape index (κ3) is 4.04. The zero-order chi connectivity index (χ0) is 18.0. The summed E-state index contributed by atoms with van der Waals surface area (Å²) < 4.78 is 48.1. The largest absolute Gasteiger partial charge is 0.492 e. The molecule has 0 bridgehead atoms. The molecule has 0 N–H and O–H groups in total. The predicted molar refractivity (Wildman–Crippen MR) is 97.5 cm³/mol. The number of rotatable bonds is 7. The fourth-order valence-corrected chi connectivity index (χ4v) is 4.99. The lowest BCUT2D eigenvalue weighted by Gasteiger charge is -2.23. The molecule has 25 heavy (non-hydrogen) atoms. The molecule has 2 aromatic carbocycles. The lowest BCUT2D eigenvalue weighted by atomic mass is 10.2. The van der Waals surface area contributed by atoms with Crippen LogP contribution < -0.4 is 4.74 Å². The highest BCUT2D eigenvalue weighted by Crippen LogP contribution is 2.37. The van der Waals surface area contributed by atoms with E-state index in [1.807, 2.05) is 0 Å². The lowest BCUT2D eigenvalue weighted by molar-refractivity contribution is 0.327. The van der Waals surface area contributed by atoms with E-state index >= 15 is 0 Å². The minimum Gasteiger partial charge on any atom is -0.492 e. The molecule has 7 heteroatoms. The van der Waals surface area contributed by atoms with Crippen molar-refractivity contribution in [2.75, 3.05) is 6.61 Å². The van der Waals surface area contributed by atoms with E-state index in [1.165, 1.54) is 16.4 Å². The Labute approximate surface area is 155 Å². The molecule has 0 saturated heterocycles. The van der Waals surface area contributed by atoms with Gasteiger partial charge in [-0.25, -0.2) is 12.8 Å². The highest BCUT2D eigenvalue weighted by atomic mass is 79.9. The van der Waals surface area contributed by atoms with Crippen molar-refractivity contribution in [3.05, 3.63) is 58.3 Å². The summed E-state index contributed by atoms with van der Waals surface area (Å²) in [6.07, 6.45) is 1.57. The average Bonchev–Trinajstić information content (AvgIpc) is 3.40. The molecular formula is C18H19BrFNO3S. The van der Waals surface area contributed by atoms with Crippen molar-refractivity contribution in [2.45, 2.75) is 37.2 Å². The lowest BCUT2D eigenvalue weighted by Crippen LogP contribution is -2.33. The van der Waals surface area contributed by atoms with Crippen molar-refractivity contribution >= 4 is 26.0 Å². The summed E-state index contributed by atoms with van der Waals surface area (Å²) in [6.45, 7) is 2.18. The van der Waals surface area contributed by atoms with Gasteiger partial charge in [0.2, 0.25) is 10.0 Å². The summed E-state index contributed by atoms with van der Waals surface area (Å²) >= 11 is 3.32. The Morgan fingerprint density at radius 2 is 1.96 bits per heavy atom. The summed E-state index contributed by atoms with van der Waals surface area (Å²) in [5.41, 5.74) is 0.367. The van der Waals surface area contributed by atoms with E-state index in [9.17, 15) is 12.8 Å². The first-order chi connectivity index (χ1) is 11.9. The zero-order valence-corrected chi connectivity index (χ0v) is 16.2. The topological polar surface area (TPSA) is 46.6 Å². The van der Waals surface area contributed by atoms with Crippen LogP contribution in [0.25, 0.3) is 0 Å². The molecule has 0 heterocycles. The van der Waals surface area contributed by atoms with Crippen molar-refractivity contribution in [2.24, 2.45) is 0 Å². The van der Waals surface area contributed by atoms with Crippen LogP contribution in [0.4, 0.5) is 4.39 Å². The molecule has 1 saturated carbocycles. The van der Waals surface area contributed by atoms with Gasteiger partial charge in [-0.1, -0.05) is 34.1 Å². The fraction of sp³-hybridized carbons (Fsp3) is 0.333. The van der Waals surface area contributed by atoms with E-state index in [0.29, 0.717) is 22.4 Å². The SMILES string of the molecule is CCOc1ccc(Br)cc1S(=O)(=O)N(Cc1ccccc1F)C1CC1. The number of ether oxygens (including phenoxy) is 1. The van der Waals surface area contributed by atoms with Crippen LogP contribution in [-0.2, 0) is 16.6 Å². The number of hydrogen-bond donors (Lipinski definition) is 0. The molecule has 0 unspecified atom stereocenters. The van der Waals surface area contributed by atoms with Gasteiger partial charge in [0, 0.05) is 22.6 Å². The average molecular weight is 428 g/mol. The summed E-state index contributed by atoms with van der Waals surface area (Å²) in [5.74, 6) is -0.0903. The molecule has 1 fully saturated rings. The van der Waals surface area contributed by atoms with Gasteiger partial charge in [-0.05, 0) is 44.0 Å². The summed E-state index contributed by atoms with van der Waals surface area (Å²) in [6, 6.07) is 11.1. The highest BCUT2D eigenvalue weighted by Gasteiger charge is 2.39. The summed E-state index contributed by atoms with van der Waals surface area (Å²) in [4.78, 5) is 0.104. The number of nitrogens with zero attached hydrogens (tertiary/aromatic N) is 1. The maximum atomic E-state index is 14.0. The van der Waals surface area contributed by atoms with Crippen LogP contribution in [0.2, 0.25) is 0 Å². The van der Waals surface area contributed by atoms with Crippen LogP contribution in [0.5, 0.6) is 5.75 Å². The van der Waals surface area contributed by atoms with Gasteiger partial charge in [-0.3, -0.25) is 0 Å². The van der Waals surface area contributed by atoms with Crippen LogP contribution in [0.15, 0.2) is 51.8 Å². The van der Waals surface area contributed by atoms with Gasteiger partial charge in [0.25, 0.3) is 0 Å². The first-order valence-electron chi connectivity index (χ1n) is 8.11. The van der Waals surface area contributed by atoms with E-state index in [0.717, 1.165) is 12.8 Å². The molecule has 0 atom stereocenters. The smallest absolute Gasteiger partial charge is 0.247 e. The van der Waals surface area contributed by atoms with E-state index < -0.39 is 15.8 Å². The van der Waals surface area contributed by atoms with E-state index in [1.54, 1.807) is 37.3 Å². The summed E-state index contributed by atoms with van der Waals surface area (Å²) in [7, 11) is -3.82. The quantitative estimate of drug-likeness (QED) is 0.659. The van der Waals surface area contributed by atoms with Crippen molar-refractivity contribution < 1.29 is 17.5 Å². The first kappa shape index (κ1) is 18.4. The Morgan fingerprint density at radius 3 is 2.60 bits per heavy atom. The number of sulfonamides is 1. The molecule has 1 aliphatic rings.